The summed E-state index contributed by atoms with van der Waals surface area (Å²) in [5.74, 6) is 3.39. The Morgan fingerprint density at radius 2 is 2.00 bits per heavy atom. The summed E-state index contributed by atoms with van der Waals surface area (Å²) in [5.41, 5.74) is 0. The quantitative estimate of drug-likeness (QED) is 0.643. The molecular weight excluding hydrogens is 158 g/mol. The molecule has 2 aliphatic rings. The summed E-state index contributed by atoms with van der Waals surface area (Å²) in [4.78, 5) is 0. The Morgan fingerprint density at radius 1 is 1.08 bits per heavy atom. The zero-order valence-electron chi connectivity index (χ0n) is 8.89. The minimum absolute atomic E-state index is 1.06. The van der Waals surface area contributed by atoms with E-state index in [2.05, 4.69) is 12.2 Å². The van der Waals surface area contributed by atoms with Crippen molar-refractivity contribution in [2.75, 3.05) is 13.1 Å². The molecule has 3 unspecified atom stereocenters. The summed E-state index contributed by atoms with van der Waals surface area (Å²) in [6.45, 7) is 4.71. The van der Waals surface area contributed by atoms with Crippen LogP contribution in [0.2, 0.25) is 0 Å². The highest BCUT2D eigenvalue weighted by atomic mass is 14.8. The van der Waals surface area contributed by atoms with Gasteiger partial charge in [-0.15, -0.1) is 0 Å². The molecule has 0 aromatic rings. The van der Waals surface area contributed by atoms with Crippen LogP contribution in [0, 0.1) is 17.8 Å². The lowest BCUT2D eigenvalue weighted by Gasteiger charge is -2.21. The molecule has 0 aliphatic heterocycles. The first-order valence-corrected chi connectivity index (χ1v) is 6.11. The van der Waals surface area contributed by atoms with E-state index in [9.17, 15) is 0 Å². The molecule has 0 amide bonds. The summed E-state index contributed by atoms with van der Waals surface area (Å²) in [6.07, 6.45) is 8.90. The minimum atomic E-state index is 1.06. The van der Waals surface area contributed by atoms with Crippen LogP contribution in [0.25, 0.3) is 0 Å². The first kappa shape index (κ1) is 9.51. The summed E-state index contributed by atoms with van der Waals surface area (Å²) in [6, 6.07) is 0. The lowest BCUT2D eigenvalue weighted by molar-refractivity contribution is 0.321. The first-order chi connectivity index (χ1) is 6.40. The second-order valence-electron chi connectivity index (χ2n) is 4.97. The highest BCUT2D eigenvalue weighted by molar-refractivity contribution is 4.92. The van der Waals surface area contributed by atoms with Gasteiger partial charge in [-0.25, -0.2) is 0 Å². The van der Waals surface area contributed by atoms with Gasteiger partial charge in [0.15, 0.2) is 0 Å². The molecule has 1 heteroatoms. The van der Waals surface area contributed by atoms with Gasteiger partial charge in [0.1, 0.15) is 0 Å². The third-order valence-corrected chi connectivity index (χ3v) is 3.81. The Kier molecular flexibility index (Phi) is 3.26. The molecule has 0 bridgehead atoms. The van der Waals surface area contributed by atoms with Crippen molar-refractivity contribution in [3.63, 3.8) is 0 Å². The monoisotopic (exact) mass is 181 g/mol. The van der Waals surface area contributed by atoms with Crippen LogP contribution in [0.3, 0.4) is 0 Å². The van der Waals surface area contributed by atoms with Gasteiger partial charge in [-0.05, 0) is 62.9 Å². The SMILES string of the molecule is CCCNCCC1CCC2CC2C1. The molecule has 0 radical (unpaired) electrons. The third kappa shape index (κ3) is 2.70. The van der Waals surface area contributed by atoms with Crippen LogP contribution in [0.5, 0.6) is 0 Å². The van der Waals surface area contributed by atoms with E-state index in [0.29, 0.717) is 0 Å². The van der Waals surface area contributed by atoms with Gasteiger partial charge in [0, 0.05) is 0 Å². The topological polar surface area (TPSA) is 12.0 Å². The first-order valence-electron chi connectivity index (χ1n) is 6.11. The molecule has 0 heterocycles. The molecule has 2 saturated carbocycles. The lowest BCUT2D eigenvalue weighted by Crippen LogP contribution is -2.20. The predicted molar refractivity (Wildman–Crippen MR) is 56.7 cm³/mol. The van der Waals surface area contributed by atoms with Crippen molar-refractivity contribution in [3.05, 3.63) is 0 Å². The molecular formula is C12H23N. The number of nitrogens with one attached hydrogen (secondary N) is 1. The number of rotatable bonds is 5. The van der Waals surface area contributed by atoms with E-state index in [-0.39, 0.29) is 0 Å². The van der Waals surface area contributed by atoms with E-state index < -0.39 is 0 Å². The summed E-state index contributed by atoms with van der Waals surface area (Å²) in [7, 11) is 0. The molecule has 2 aliphatic carbocycles. The molecule has 2 rings (SSSR count). The average molecular weight is 181 g/mol. The molecule has 3 atom stereocenters. The van der Waals surface area contributed by atoms with Crippen molar-refractivity contribution < 1.29 is 0 Å². The maximum atomic E-state index is 3.51. The van der Waals surface area contributed by atoms with Gasteiger partial charge in [-0.2, -0.15) is 0 Å². The maximum Gasteiger partial charge on any atom is -0.00463 e. The highest BCUT2D eigenvalue weighted by Crippen LogP contribution is 2.51. The standard InChI is InChI=1S/C12H23N/c1-2-6-13-7-5-10-3-4-11-9-12(11)8-10/h10-13H,2-9H2,1H3. The van der Waals surface area contributed by atoms with Crippen molar-refractivity contribution >= 4 is 0 Å². The fourth-order valence-electron chi connectivity index (χ4n) is 2.82. The van der Waals surface area contributed by atoms with Gasteiger partial charge in [0.25, 0.3) is 0 Å². The molecule has 1 nitrogen and oxygen atoms in total. The largest absolute Gasteiger partial charge is 0.317 e. The Bertz CT molecular complexity index is 155. The molecule has 0 spiro atoms. The van der Waals surface area contributed by atoms with Crippen LogP contribution in [-0.2, 0) is 0 Å². The Hall–Kier alpha value is -0.0400. The number of fused-ring (bicyclic) bond motifs is 1. The van der Waals surface area contributed by atoms with Crippen LogP contribution in [0.1, 0.15) is 45.4 Å². The minimum Gasteiger partial charge on any atom is -0.317 e. The normalized spacial score (nSPS) is 37.2. The van der Waals surface area contributed by atoms with Crippen LogP contribution in [-0.4, -0.2) is 13.1 Å². The Morgan fingerprint density at radius 3 is 2.77 bits per heavy atom. The van der Waals surface area contributed by atoms with Crippen molar-refractivity contribution in [1.82, 2.24) is 5.32 Å². The molecule has 2 fully saturated rings. The van der Waals surface area contributed by atoms with Gasteiger partial charge in [-0.3, -0.25) is 0 Å². The smallest absolute Gasteiger partial charge is 0.00463 e. The van der Waals surface area contributed by atoms with Crippen LogP contribution in [0.15, 0.2) is 0 Å². The van der Waals surface area contributed by atoms with Gasteiger partial charge in [0.05, 0.1) is 0 Å². The van der Waals surface area contributed by atoms with Gasteiger partial charge >= 0.3 is 0 Å². The third-order valence-electron chi connectivity index (χ3n) is 3.81. The zero-order chi connectivity index (χ0) is 9.10. The van der Waals surface area contributed by atoms with E-state index >= 15 is 0 Å². The van der Waals surface area contributed by atoms with E-state index in [0.717, 1.165) is 11.8 Å². The summed E-state index contributed by atoms with van der Waals surface area (Å²) in [5, 5.41) is 3.51. The van der Waals surface area contributed by atoms with E-state index in [1.54, 1.807) is 19.3 Å². The van der Waals surface area contributed by atoms with Crippen LogP contribution in [0.4, 0.5) is 0 Å². The van der Waals surface area contributed by atoms with Crippen molar-refractivity contribution in [2.24, 2.45) is 17.8 Å². The second-order valence-corrected chi connectivity index (χ2v) is 4.97. The number of hydrogen-bond acceptors (Lipinski definition) is 1. The second kappa shape index (κ2) is 4.45. The average Bonchev–Trinajstić information content (AvgIpc) is 2.90. The number of hydrogen-bond donors (Lipinski definition) is 1. The Labute approximate surface area is 82.3 Å². The lowest BCUT2D eigenvalue weighted by atomic mass is 9.87. The predicted octanol–water partition coefficient (Wildman–Crippen LogP) is 2.81. The summed E-state index contributed by atoms with van der Waals surface area (Å²) >= 11 is 0. The van der Waals surface area contributed by atoms with Crippen molar-refractivity contribution in [2.45, 2.75) is 45.4 Å². The van der Waals surface area contributed by atoms with Crippen LogP contribution < -0.4 is 5.32 Å². The molecule has 0 saturated heterocycles. The fraction of sp³-hybridized carbons (Fsp3) is 1.00. The molecule has 0 aromatic carbocycles. The molecule has 1 N–H and O–H groups in total. The van der Waals surface area contributed by atoms with Crippen molar-refractivity contribution in [1.29, 1.82) is 0 Å². The van der Waals surface area contributed by atoms with Crippen molar-refractivity contribution in [3.8, 4) is 0 Å². The molecule has 0 aromatic heterocycles. The fourth-order valence-corrected chi connectivity index (χ4v) is 2.82. The molecule has 76 valence electrons. The molecule has 13 heavy (non-hydrogen) atoms. The van der Waals surface area contributed by atoms with Gasteiger partial charge in [0.2, 0.25) is 0 Å². The Balaban J connectivity index is 1.54. The maximum absolute atomic E-state index is 3.51. The van der Waals surface area contributed by atoms with Gasteiger partial charge in [-0.1, -0.05) is 13.3 Å². The zero-order valence-corrected chi connectivity index (χ0v) is 8.89. The summed E-state index contributed by atoms with van der Waals surface area (Å²) < 4.78 is 0. The van der Waals surface area contributed by atoms with E-state index in [4.69, 9.17) is 0 Å². The van der Waals surface area contributed by atoms with Gasteiger partial charge < -0.3 is 5.32 Å². The van der Waals surface area contributed by atoms with E-state index in [1.807, 2.05) is 0 Å². The van der Waals surface area contributed by atoms with E-state index in [1.165, 1.54) is 38.3 Å². The highest BCUT2D eigenvalue weighted by Gasteiger charge is 2.41. The van der Waals surface area contributed by atoms with Crippen LogP contribution >= 0.6 is 0 Å².